The molecule has 1 aromatic carbocycles. The minimum atomic E-state index is -0.560. The third-order valence-corrected chi connectivity index (χ3v) is 2.43. The van der Waals surface area contributed by atoms with Crippen molar-refractivity contribution in [2.24, 2.45) is 5.73 Å². The Hall–Kier alpha value is -1.29. The van der Waals surface area contributed by atoms with Gasteiger partial charge in [-0.05, 0) is 37.1 Å². The molecule has 0 radical (unpaired) electrons. The van der Waals surface area contributed by atoms with Gasteiger partial charge < -0.3 is 15.2 Å². The van der Waals surface area contributed by atoms with Crippen molar-refractivity contribution in [2.45, 2.75) is 19.5 Å². The Balaban J connectivity index is 3.05. The lowest BCUT2D eigenvalue weighted by atomic mass is 10.0. The summed E-state index contributed by atoms with van der Waals surface area (Å²) in [5.41, 5.74) is 6.99. The average Bonchev–Trinajstić information content (AvgIpc) is 2.34. The Morgan fingerprint density at radius 2 is 2.00 bits per heavy atom. The third kappa shape index (κ3) is 2.85. The molecule has 0 aliphatic rings. The van der Waals surface area contributed by atoms with Gasteiger partial charge in [-0.25, -0.2) is 4.39 Å². The van der Waals surface area contributed by atoms with Gasteiger partial charge in [0.2, 0.25) is 0 Å². The largest absolute Gasteiger partial charge is 0.493 e. The van der Waals surface area contributed by atoms with Crippen LogP contribution in [0.5, 0.6) is 11.5 Å². The molecule has 0 spiro atoms. The number of benzene rings is 1. The molecule has 0 aromatic heterocycles. The summed E-state index contributed by atoms with van der Waals surface area (Å²) in [5.74, 6) is 1.05. The number of aryl methyl sites for hydroxylation is 1. The summed E-state index contributed by atoms with van der Waals surface area (Å²) < 4.78 is 23.1. The van der Waals surface area contributed by atoms with Crippen LogP contribution in [-0.4, -0.2) is 20.8 Å². The van der Waals surface area contributed by atoms with Crippen molar-refractivity contribution in [2.75, 3.05) is 20.8 Å². The molecule has 0 bridgehead atoms. The maximum Gasteiger partial charge on any atom is 0.166 e. The second-order valence-corrected chi connectivity index (χ2v) is 3.52. The van der Waals surface area contributed by atoms with Crippen LogP contribution in [0, 0.1) is 0 Å². The smallest absolute Gasteiger partial charge is 0.166 e. The van der Waals surface area contributed by atoms with E-state index in [9.17, 15) is 4.39 Å². The van der Waals surface area contributed by atoms with Gasteiger partial charge in [-0.3, -0.25) is 0 Å². The molecule has 3 nitrogen and oxygen atoms in total. The second kappa shape index (κ2) is 6.33. The molecule has 0 saturated carbocycles. The summed E-state index contributed by atoms with van der Waals surface area (Å²) in [4.78, 5) is 0. The first-order valence-corrected chi connectivity index (χ1v) is 5.26. The van der Waals surface area contributed by atoms with Crippen molar-refractivity contribution in [3.8, 4) is 11.5 Å². The number of rotatable bonds is 6. The number of ether oxygens (including phenoxy) is 2. The van der Waals surface area contributed by atoms with E-state index in [1.54, 1.807) is 13.2 Å². The minimum Gasteiger partial charge on any atom is -0.493 e. The Morgan fingerprint density at radius 3 is 2.50 bits per heavy atom. The van der Waals surface area contributed by atoms with Gasteiger partial charge in [-0.15, -0.1) is 0 Å². The molecule has 2 N–H and O–H groups in total. The van der Waals surface area contributed by atoms with Gasteiger partial charge in [0.25, 0.3) is 0 Å². The van der Waals surface area contributed by atoms with E-state index in [-0.39, 0.29) is 0 Å². The normalized spacial score (nSPS) is 10.2. The zero-order valence-corrected chi connectivity index (χ0v) is 9.75. The van der Waals surface area contributed by atoms with Gasteiger partial charge in [-0.1, -0.05) is 0 Å². The van der Waals surface area contributed by atoms with Gasteiger partial charge in [-0.2, -0.15) is 0 Å². The summed E-state index contributed by atoms with van der Waals surface area (Å²) in [6.45, 7) is 0.0648. The van der Waals surface area contributed by atoms with Crippen LogP contribution in [0.1, 0.15) is 17.5 Å². The molecule has 1 aromatic rings. The molecule has 0 aliphatic carbocycles. The molecule has 0 aliphatic heterocycles. The van der Waals surface area contributed by atoms with Crippen LogP contribution in [0.15, 0.2) is 12.1 Å². The first-order valence-electron chi connectivity index (χ1n) is 5.26. The highest BCUT2D eigenvalue weighted by molar-refractivity contribution is 5.49. The fraction of sp³-hybridized carbons (Fsp3) is 0.500. The van der Waals surface area contributed by atoms with Crippen LogP contribution in [0.2, 0.25) is 0 Å². The maximum atomic E-state index is 12.8. The van der Waals surface area contributed by atoms with E-state index in [0.717, 1.165) is 18.4 Å². The van der Waals surface area contributed by atoms with E-state index >= 15 is 0 Å². The van der Waals surface area contributed by atoms with Crippen LogP contribution in [0.3, 0.4) is 0 Å². The summed E-state index contributed by atoms with van der Waals surface area (Å²) in [6.07, 6.45) is 1.70. The number of methoxy groups -OCH3 is 2. The number of halogens is 1. The number of hydrogen-bond donors (Lipinski definition) is 1. The molecule has 0 heterocycles. The van der Waals surface area contributed by atoms with Gasteiger partial charge in [0, 0.05) is 5.56 Å². The van der Waals surface area contributed by atoms with Gasteiger partial charge >= 0.3 is 0 Å². The monoisotopic (exact) mass is 227 g/mol. The summed E-state index contributed by atoms with van der Waals surface area (Å²) in [6, 6.07) is 3.67. The van der Waals surface area contributed by atoms with E-state index in [1.165, 1.54) is 7.11 Å². The molecular formula is C12H18FNO2. The van der Waals surface area contributed by atoms with Crippen LogP contribution < -0.4 is 15.2 Å². The molecular weight excluding hydrogens is 209 g/mol. The highest BCUT2D eigenvalue weighted by atomic mass is 19.1. The van der Waals surface area contributed by atoms with Crippen molar-refractivity contribution in [3.63, 3.8) is 0 Å². The van der Waals surface area contributed by atoms with Gasteiger partial charge in [0.15, 0.2) is 11.5 Å². The van der Waals surface area contributed by atoms with Crippen molar-refractivity contribution < 1.29 is 13.9 Å². The predicted molar refractivity (Wildman–Crippen MR) is 61.7 cm³/mol. The molecule has 0 fully saturated rings. The first-order chi connectivity index (χ1) is 7.76. The Morgan fingerprint density at radius 1 is 1.25 bits per heavy atom. The SMILES string of the molecule is COc1cc(CCCN)cc(CF)c1OC. The highest BCUT2D eigenvalue weighted by Crippen LogP contribution is 2.33. The van der Waals surface area contributed by atoms with Gasteiger partial charge in [0.05, 0.1) is 14.2 Å². The molecule has 0 atom stereocenters. The number of hydrogen-bond acceptors (Lipinski definition) is 3. The Bertz CT molecular complexity index is 317. The Labute approximate surface area is 95.4 Å². The van der Waals surface area contributed by atoms with Crippen LogP contribution in [-0.2, 0) is 13.1 Å². The summed E-state index contributed by atoms with van der Waals surface area (Å²) in [5, 5.41) is 0. The van der Waals surface area contributed by atoms with Crippen LogP contribution in [0.4, 0.5) is 4.39 Å². The standard InChI is InChI=1S/C12H18FNO2/c1-15-11-7-9(4-3-5-14)6-10(8-13)12(11)16-2/h6-7H,3-5,8,14H2,1-2H3. The van der Waals surface area contributed by atoms with Crippen molar-refractivity contribution in [1.29, 1.82) is 0 Å². The Kier molecular flexibility index (Phi) is 5.05. The predicted octanol–water partition coefficient (Wildman–Crippen LogP) is 2.06. The van der Waals surface area contributed by atoms with E-state index in [1.807, 2.05) is 6.07 Å². The molecule has 4 heteroatoms. The van der Waals surface area contributed by atoms with Crippen molar-refractivity contribution in [1.82, 2.24) is 0 Å². The second-order valence-electron chi connectivity index (χ2n) is 3.52. The molecule has 1 rings (SSSR count). The zero-order valence-electron chi connectivity index (χ0n) is 9.75. The molecule has 0 saturated heterocycles. The van der Waals surface area contributed by atoms with Crippen LogP contribution in [0.25, 0.3) is 0 Å². The average molecular weight is 227 g/mol. The molecule has 16 heavy (non-hydrogen) atoms. The maximum absolute atomic E-state index is 12.8. The number of nitrogens with two attached hydrogens (primary N) is 1. The molecule has 0 amide bonds. The zero-order chi connectivity index (χ0) is 12.0. The van der Waals surface area contributed by atoms with E-state index < -0.39 is 6.67 Å². The highest BCUT2D eigenvalue weighted by Gasteiger charge is 2.11. The van der Waals surface area contributed by atoms with Crippen LogP contribution >= 0.6 is 0 Å². The first kappa shape index (κ1) is 12.8. The fourth-order valence-corrected chi connectivity index (χ4v) is 1.66. The lowest BCUT2D eigenvalue weighted by Gasteiger charge is -2.13. The lowest BCUT2D eigenvalue weighted by Crippen LogP contribution is -2.02. The molecule has 90 valence electrons. The van der Waals surface area contributed by atoms with E-state index in [0.29, 0.717) is 23.6 Å². The fourth-order valence-electron chi connectivity index (χ4n) is 1.66. The van der Waals surface area contributed by atoms with Gasteiger partial charge in [0.1, 0.15) is 6.67 Å². The number of alkyl halides is 1. The van der Waals surface area contributed by atoms with Crippen molar-refractivity contribution in [3.05, 3.63) is 23.3 Å². The van der Waals surface area contributed by atoms with E-state index in [4.69, 9.17) is 15.2 Å². The summed E-state index contributed by atoms with van der Waals surface area (Å²) in [7, 11) is 3.06. The topological polar surface area (TPSA) is 44.5 Å². The lowest BCUT2D eigenvalue weighted by molar-refractivity contribution is 0.344. The third-order valence-electron chi connectivity index (χ3n) is 2.43. The molecule has 0 unspecified atom stereocenters. The summed E-state index contributed by atoms with van der Waals surface area (Å²) >= 11 is 0. The quantitative estimate of drug-likeness (QED) is 0.809. The minimum absolute atomic E-state index is 0.474. The van der Waals surface area contributed by atoms with E-state index in [2.05, 4.69) is 0 Å². The van der Waals surface area contributed by atoms with Crippen molar-refractivity contribution >= 4 is 0 Å².